The lowest BCUT2D eigenvalue weighted by Gasteiger charge is -2.08. The molecule has 4 nitrogen and oxygen atoms in total. The van der Waals surface area contributed by atoms with Crippen LogP contribution in [0.15, 0.2) is 59.1 Å². The van der Waals surface area contributed by atoms with Gasteiger partial charge in [-0.15, -0.1) is 11.3 Å². The molecule has 2 aromatic heterocycles. The Morgan fingerprint density at radius 1 is 1.15 bits per heavy atom. The Hall–Kier alpha value is -1.92. The van der Waals surface area contributed by atoms with Crippen molar-refractivity contribution < 1.29 is 8.42 Å². The summed E-state index contributed by atoms with van der Waals surface area (Å²) < 4.78 is 26.5. The minimum Gasteiger partial charge on any atom is -0.235 e. The third kappa shape index (κ3) is 2.17. The van der Waals surface area contributed by atoms with Crippen LogP contribution in [0.25, 0.3) is 10.7 Å². The van der Waals surface area contributed by atoms with Crippen LogP contribution in [-0.4, -0.2) is 17.4 Å². The lowest BCUT2D eigenvalue weighted by atomic mass is 10.2. The number of aryl methyl sites for hydroxylation is 1. The molecule has 0 aliphatic carbocycles. The van der Waals surface area contributed by atoms with Crippen LogP contribution in [0.2, 0.25) is 0 Å². The van der Waals surface area contributed by atoms with Gasteiger partial charge in [-0.2, -0.15) is 0 Å². The molecular formula is C14H12N2O2S2. The molecule has 0 saturated carbocycles. The summed E-state index contributed by atoms with van der Waals surface area (Å²) in [6.07, 6.45) is 2.98. The lowest BCUT2D eigenvalue weighted by molar-refractivity contribution is 0.588. The molecule has 3 aromatic rings. The van der Waals surface area contributed by atoms with Gasteiger partial charge in [0.1, 0.15) is 0 Å². The summed E-state index contributed by atoms with van der Waals surface area (Å²) in [5, 5.41) is 1.90. The molecule has 102 valence electrons. The molecule has 2 heterocycles. The summed E-state index contributed by atoms with van der Waals surface area (Å²) in [5.41, 5.74) is 1.02. The Bertz CT molecular complexity index is 816. The number of hydrogen-bond acceptors (Lipinski definition) is 4. The highest BCUT2D eigenvalue weighted by atomic mass is 32.2. The van der Waals surface area contributed by atoms with Gasteiger partial charge in [0.25, 0.3) is 10.0 Å². The molecule has 0 atom stereocenters. The summed E-state index contributed by atoms with van der Waals surface area (Å²) in [5.74, 6) is 0.445. The second-order valence-electron chi connectivity index (χ2n) is 4.34. The van der Waals surface area contributed by atoms with Crippen molar-refractivity contribution in [1.82, 2.24) is 8.96 Å². The lowest BCUT2D eigenvalue weighted by Crippen LogP contribution is -2.13. The zero-order valence-electron chi connectivity index (χ0n) is 10.7. The van der Waals surface area contributed by atoms with Gasteiger partial charge in [-0.3, -0.25) is 0 Å². The highest BCUT2D eigenvalue weighted by Crippen LogP contribution is 2.26. The molecule has 0 unspecified atom stereocenters. The minimum atomic E-state index is -3.61. The molecule has 0 spiro atoms. The van der Waals surface area contributed by atoms with Crippen molar-refractivity contribution in [3.05, 3.63) is 59.7 Å². The Kier molecular flexibility index (Phi) is 3.19. The number of hydrogen-bond donors (Lipinski definition) is 0. The van der Waals surface area contributed by atoms with Crippen LogP contribution in [-0.2, 0) is 10.0 Å². The molecule has 0 saturated heterocycles. The number of nitrogens with zero attached hydrogens (tertiary/aromatic N) is 2. The smallest absolute Gasteiger partial charge is 0.235 e. The van der Waals surface area contributed by atoms with Gasteiger partial charge in [-0.05, 0) is 30.5 Å². The second kappa shape index (κ2) is 4.88. The molecular weight excluding hydrogens is 292 g/mol. The average molecular weight is 304 g/mol. The van der Waals surface area contributed by atoms with E-state index in [4.69, 9.17) is 0 Å². The fourth-order valence-electron chi connectivity index (χ4n) is 1.89. The molecule has 0 radical (unpaired) electrons. The standard InChI is InChI=1S/C14H12N2O2S2/c1-11-4-6-12(7-5-11)20(17,18)16-9-8-15-14(16)13-3-2-10-19-13/h2-10H,1H3. The fraction of sp³-hybridized carbons (Fsp3) is 0.0714. The summed E-state index contributed by atoms with van der Waals surface area (Å²) >= 11 is 1.46. The predicted octanol–water partition coefficient (Wildman–Crippen LogP) is 3.16. The summed E-state index contributed by atoms with van der Waals surface area (Å²) in [7, 11) is -3.61. The normalized spacial score (nSPS) is 11.7. The van der Waals surface area contributed by atoms with Crippen LogP contribution >= 0.6 is 11.3 Å². The summed E-state index contributed by atoms with van der Waals surface area (Å²) in [6, 6.07) is 10.5. The molecule has 3 rings (SSSR count). The Morgan fingerprint density at radius 3 is 2.55 bits per heavy atom. The van der Waals surface area contributed by atoms with Crippen LogP contribution in [0.1, 0.15) is 5.56 Å². The maximum Gasteiger partial charge on any atom is 0.269 e. The highest BCUT2D eigenvalue weighted by Gasteiger charge is 2.21. The number of benzene rings is 1. The number of imidazole rings is 1. The number of rotatable bonds is 3. The monoisotopic (exact) mass is 304 g/mol. The first-order valence-corrected chi connectivity index (χ1v) is 8.30. The van der Waals surface area contributed by atoms with Gasteiger partial charge >= 0.3 is 0 Å². The number of thiophene rings is 1. The van der Waals surface area contributed by atoms with Gasteiger partial charge in [0.15, 0.2) is 5.82 Å². The van der Waals surface area contributed by atoms with Crippen molar-refractivity contribution in [1.29, 1.82) is 0 Å². The van der Waals surface area contributed by atoms with E-state index in [0.717, 1.165) is 10.4 Å². The van der Waals surface area contributed by atoms with E-state index in [1.54, 1.807) is 24.3 Å². The quantitative estimate of drug-likeness (QED) is 0.747. The van der Waals surface area contributed by atoms with Crippen molar-refractivity contribution in [2.45, 2.75) is 11.8 Å². The van der Waals surface area contributed by atoms with Crippen molar-refractivity contribution in [3.8, 4) is 10.7 Å². The van der Waals surface area contributed by atoms with Crippen molar-refractivity contribution in [2.24, 2.45) is 0 Å². The molecule has 0 N–H and O–H groups in total. The maximum atomic E-state index is 12.6. The van der Waals surface area contributed by atoms with E-state index in [-0.39, 0.29) is 4.90 Å². The largest absolute Gasteiger partial charge is 0.269 e. The Morgan fingerprint density at radius 2 is 1.90 bits per heavy atom. The predicted molar refractivity (Wildman–Crippen MR) is 79.3 cm³/mol. The van der Waals surface area contributed by atoms with Gasteiger partial charge in [0.2, 0.25) is 0 Å². The first kappa shape index (κ1) is 13.1. The minimum absolute atomic E-state index is 0.263. The van der Waals surface area contributed by atoms with E-state index in [1.807, 2.05) is 24.4 Å². The van der Waals surface area contributed by atoms with Crippen molar-refractivity contribution >= 4 is 21.4 Å². The van der Waals surface area contributed by atoms with Gasteiger partial charge in [-0.25, -0.2) is 17.4 Å². The molecule has 6 heteroatoms. The van der Waals surface area contributed by atoms with E-state index in [1.165, 1.54) is 27.7 Å². The van der Waals surface area contributed by atoms with Crippen LogP contribution in [0.5, 0.6) is 0 Å². The van der Waals surface area contributed by atoms with E-state index in [9.17, 15) is 8.42 Å². The second-order valence-corrected chi connectivity index (χ2v) is 7.10. The third-order valence-corrected chi connectivity index (χ3v) is 5.47. The van der Waals surface area contributed by atoms with E-state index in [0.29, 0.717) is 5.82 Å². The van der Waals surface area contributed by atoms with E-state index < -0.39 is 10.0 Å². The van der Waals surface area contributed by atoms with Gasteiger partial charge in [-0.1, -0.05) is 23.8 Å². The van der Waals surface area contributed by atoms with Crippen LogP contribution in [0.3, 0.4) is 0 Å². The van der Waals surface area contributed by atoms with Gasteiger partial charge in [0, 0.05) is 12.4 Å². The van der Waals surface area contributed by atoms with E-state index in [2.05, 4.69) is 4.98 Å². The Labute approximate surface area is 121 Å². The molecule has 0 fully saturated rings. The highest BCUT2D eigenvalue weighted by molar-refractivity contribution is 7.90. The molecule has 0 aliphatic heterocycles. The molecule has 1 aromatic carbocycles. The summed E-state index contributed by atoms with van der Waals surface area (Å²) in [4.78, 5) is 5.25. The SMILES string of the molecule is Cc1ccc(S(=O)(=O)n2ccnc2-c2cccs2)cc1. The van der Waals surface area contributed by atoms with Crippen molar-refractivity contribution in [2.75, 3.05) is 0 Å². The summed E-state index contributed by atoms with van der Waals surface area (Å²) in [6.45, 7) is 1.92. The number of aromatic nitrogens is 2. The van der Waals surface area contributed by atoms with Crippen molar-refractivity contribution in [3.63, 3.8) is 0 Å². The molecule has 0 aliphatic rings. The molecule has 0 bridgehead atoms. The maximum absolute atomic E-state index is 12.6. The van der Waals surface area contributed by atoms with Gasteiger partial charge in [0.05, 0.1) is 9.77 Å². The first-order valence-electron chi connectivity index (χ1n) is 5.98. The average Bonchev–Trinajstić information content (AvgIpc) is 3.10. The topological polar surface area (TPSA) is 52.0 Å². The van der Waals surface area contributed by atoms with Crippen LogP contribution in [0, 0.1) is 6.92 Å². The fourth-order valence-corrected chi connectivity index (χ4v) is 3.96. The van der Waals surface area contributed by atoms with Gasteiger partial charge < -0.3 is 0 Å². The zero-order valence-corrected chi connectivity index (χ0v) is 12.4. The molecule has 20 heavy (non-hydrogen) atoms. The zero-order chi connectivity index (χ0) is 14.2. The first-order chi connectivity index (χ1) is 9.59. The van der Waals surface area contributed by atoms with E-state index >= 15 is 0 Å². The molecule has 0 amide bonds. The third-order valence-electron chi connectivity index (χ3n) is 2.93. The van der Waals surface area contributed by atoms with Crippen LogP contribution in [0.4, 0.5) is 0 Å². The van der Waals surface area contributed by atoms with Crippen LogP contribution < -0.4 is 0 Å². The Balaban J connectivity index is 2.14.